The summed E-state index contributed by atoms with van der Waals surface area (Å²) in [6, 6.07) is -0.244. The molecule has 0 aliphatic rings. The van der Waals surface area contributed by atoms with E-state index in [1.165, 1.54) is 4.90 Å². The standard InChI is InChI=1S/C11H22N2O3/c1-5-7-12-11(15)13(9(3)4)8-10(14)16-6-2/h9H,5-8H2,1-4H3,(H,12,15). The molecule has 0 atom stereocenters. The van der Waals surface area contributed by atoms with Gasteiger partial charge in [-0.2, -0.15) is 0 Å². The van der Waals surface area contributed by atoms with Crippen LogP contribution < -0.4 is 5.32 Å². The van der Waals surface area contributed by atoms with Crippen LogP contribution in [0.4, 0.5) is 4.79 Å². The van der Waals surface area contributed by atoms with Crippen molar-refractivity contribution in [2.24, 2.45) is 0 Å². The topological polar surface area (TPSA) is 58.6 Å². The molecule has 5 nitrogen and oxygen atoms in total. The molecule has 0 rings (SSSR count). The lowest BCUT2D eigenvalue weighted by atomic mass is 10.3. The fourth-order valence-corrected chi connectivity index (χ4v) is 1.17. The van der Waals surface area contributed by atoms with Crippen LogP contribution in [0.15, 0.2) is 0 Å². The summed E-state index contributed by atoms with van der Waals surface area (Å²) >= 11 is 0. The van der Waals surface area contributed by atoms with E-state index < -0.39 is 0 Å². The van der Waals surface area contributed by atoms with E-state index in [-0.39, 0.29) is 24.6 Å². The molecule has 0 spiro atoms. The highest BCUT2D eigenvalue weighted by molar-refractivity contribution is 5.81. The molecule has 0 aromatic rings. The zero-order valence-corrected chi connectivity index (χ0v) is 10.6. The van der Waals surface area contributed by atoms with Gasteiger partial charge in [-0.3, -0.25) is 4.79 Å². The Bertz CT molecular complexity index is 229. The van der Waals surface area contributed by atoms with Crippen LogP contribution in [0.3, 0.4) is 0 Å². The second-order valence-corrected chi connectivity index (χ2v) is 3.76. The molecule has 0 aliphatic carbocycles. The minimum absolute atomic E-state index is 0.00105. The highest BCUT2D eigenvalue weighted by Crippen LogP contribution is 1.99. The number of hydrogen-bond donors (Lipinski definition) is 1. The molecule has 0 aromatic heterocycles. The molecule has 0 aliphatic heterocycles. The summed E-state index contributed by atoms with van der Waals surface area (Å²) in [6.07, 6.45) is 0.872. The van der Waals surface area contributed by atoms with Crippen molar-refractivity contribution in [2.75, 3.05) is 19.7 Å². The minimum atomic E-state index is -0.372. The Morgan fingerprint density at radius 2 is 1.94 bits per heavy atom. The third-order valence-electron chi connectivity index (χ3n) is 2.02. The summed E-state index contributed by atoms with van der Waals surface area (Å²) in [5.74, 6) is -0.372. The van der Waals surface area contributed by atoms with E-state index >= 15 is 0 Å². The molecule has 5 heteroatoms. The van der Waals surface area contributed by atoms with Gasteiger partial charge in [0.15, 0.2) is 0 Å². The summed E-state index contributed by atoms with van der Waals surface area (Å²) in [7, 11) is 0. The van der Waals surface area contributed by atoms with Crippen LogP contribution in [-0.2, 0) is 9.53 Å². The Hall–Kier alpha value is -1.26. The number of urea groups is 1. The third-order valence-corrected chi connectivity index (χ3v) is 2.02. The van der Waals surface area contributed by atoms with E-state index in [0.29, 0.717) is 13.2 Å². The highest BCUT2D eigenvalue weighted by atomic mass is 16.5. The van der Waals surface area contributed by atoms with Crippen molar-refractivity contribution in [1.29, 1.82) is 0 Å². The van der Waals surface area contributed by atoms with Crippen molar-refractivity contribution >= 4 is 12.0 Å². The molecule has 0 heterocycles. The van der Waals surface area contributed by atoms with Gasteiger partial charge in [0, 0.05) is 12.6 Å². The minimum Gasteiger partial charge on any atom is -0.465 e. The first-order chi connectivity index (χ1) is 7.52. The van der Waals surface area contributed by atoms with Gasteiger partial charge in [0.2, 0.25) is 0 Å². The average molecular weight is 230 g/mol. The van der Waals surface area contributed by atoms with Crippen LogP contribution in [0.2, 0.25) is 0 Å². The van der Waals surface area contributed by atoms with Gasteiger partial charge in [0.1, 0.15) is 6.54 Å². The van der Waals surface area contributed by atoms with Crippen molar-refractivity contribution in [1.82, 2.24) is 10.2 Å². The Balaban J connectivity index is 4.26. The van der Waals surface area contributed by atoms with E-state index in [2.05, 4.69) is 5.32 Å². The molecule has 0 saturated carbocycles. The van der Waals surface area contributed by atoms with Crippen LogP contribution >= 0.6 is 0 Å². The second kappa shape index (κ2) is 7.96. The number of carbonyl (C=O) groups excluding carboxylic acids is 2. The van der Waals surface area contributed by atoms with Gasteiger partial charge in [-0.15, -0.1) is 0 Å². The van der Waals surface area contributed by atoms with Gasteiger partial charge < -0.3 is 15.0 Å². The van der Waals surface area contributed by atoms with Crippen LogP contribution in [0.1, 0.15) is 34.1 Å². The van der Waals surface area contributed by atoms with Gasteiger partial charge in [-0.05, 0) is 27.2 Å². The van der Waals surface area contributed by atoms with Gasteiger partial charge in [-0.25, -0.2) is 4.79 Å². The molecular formula is C11H22N2O3. The smallest absolute Gasteiger partial charge is 0.325 e. The van der Waals surface area contributed by atoms with Gasteiger partial charge in [0.05, 0.1) is 6.61 Å². The fourth-order valence-electron chi connectivity index (χ4n) is 1.17. The number of carbonyl (C=O) groups is 2. The third kappa shape index (κ3) is 5.58. The SMILES string of the molecule is CCCNC(=O)N(CC(=O)OCC)C(C)C. The Kier molecular flexibility index (Phi) is 7.33. The molecule has 0 unspecified atom stereocenters. The van der Waals surface area contributed by atoms with Gasteiger partial charge >= 0.3 is 12.0 Å². The molecule has 1 N–H and O–H groups in total. The van der Waals surface area contributed by atoms with Crippen LogP contribution in [0, 0.1) is 0 Å². The van der Waals surface area contributed by atoms with Crippen molar-refractivity contribution in [3.05, 3.63) is 0 Å². The van der Waals surface area contributed by atoms with Crippen molar-refractivity contribution in [3.63, 3.8) is 0 Å². The van der Waals surface area contributed by atoms with Crippen LogP contribution in [-0.4, -0.2) is 42.6 Å². The lowest BCUT2D eigenvalue weighted by Crippen LogP contribution is -2.47. The molecule has 94 valence electrons. The maximum absolute atomic E-state index is 11.7. The molecular weight excluding hydrogens is 208 g/mol. The molecule has 2 amide bonds. The Morgan fingerprint density at radius 1 is 1.31 bits per heavy atom. The molecule has 16 heavy (non-hydrogen) atoms. The average Bonchev–Trinajstić information content (AvgIpc) is 2.22. The van der Waals surface area contributed by atoms with Crippen molar-refractivity contribution in [3.8, 4) is 0 Å². The molecule has 0 radical (unpaired) electrons. The first kappa shape index (κ1) is 14.7. The lowest BCUT2D eigenvalue weighted by Gasteiger charge is -2.25. The van der Waals surface area contributed by atoms with E-state index in [1.807, 2.05) is 20.8 Å². The zero-order valence-electron chi connectivity index (χ0n) is 10.6. The first-order valence-electron chi connectivity index (χ1n) is 5.73. The molecule has 0 aromatic carbocycles. The monoisotopic (exact) mass is 230 g/mol. The van der Waals surface area contributed by atoms with E-state index in [1.54, 1.807) is 6.92 Å². The van der Waals surface area contributed by atoms with E-state index in [9.17, 15) is 9.59 Å². The predicted octanol–water partition coefficient (Wildman–Crippen LogP) is 1.38. The van der Waals surface area contributed by atoms with E-state index in [0.717, 1.165) is 6.42 Å². The summed E-state index contributed by atoms with van der Waals surface area (Å²) in [6.45, 7) is 8.41. The van der Waals surface area contributed by atoms with Gasteiger partial charge in [-0.1, -0.05) is 6.92 Å². The number of nitrogens with one attached hydrogen (secondary N) is 1. The second-order valence-electron chi connectivity index (χ2n) is 3.76. The van der Waals surface area contributed by atoms with E-state index in [4.69, 9.17) is 4.74 Å². The first-order valence-corrected chi connectivity index (χ1v) is 5.73. The Morgan fingerprint density at radius 3 is 2.38 bits per heavy atom. The summed E-state index contributed by atoms with van der Waals surface area (Å²) in [5.41, 5.74) is 0. The predicted molar refractivity (Wildman–Crippen MR) is 62.2 cm³/mol. The molecule has 0 bridgehead atoms. The summed E-state index contributed by atoms with van der Waals surface area (Å²) < 4.78 is 4.82. The summed E-state index contributed by atoms with van der Waals surface area (Å²) in [4.78, 5) is 24.4. The highest BCUT2D eigenvalue weighted by Gasteiger charge is 2.19. The molecule has 0 saturated heterocycles. The number of amides is 2. The fraction of sp³-hybridized carbons (Fsp3) is 0.818. The van der Waals surface area contributed by atoms with Gasteiger partial charge in [0.25, 0.3) is 0 Å². The summed E-state index contributed by atoms with van der Waals surface area (Å²) in [5, 5.41) is 2.74. The quantitative estimate of drug-likeness (QED) is 0.701. The number of ether oxygens (including phenoxy) is 1. The number of esters is 1. The van der Waals surface area contributed by atoms with Crippen molar-refractivity contribution < 1.29 is 14.3 Å². The van der Waals surface area contributed by atoms with Crippen LogP contribution in [0.5, 0.6) is 0 Å². The number of hydrogen-bond acceptors (Lipinski definition) is 3. The number of rotatable bonds is 6. The molecule has 0 fully saturated rings. The Labute approximate surface area is 97.1 Å². The maximum Gasteiger partial charge on any atom is 0.325 e. The van der Waals surface area contributed by atoms with Crippen LogP contribution in [0.25, 0.3) is 0 Å². The zero-order chi connectivity index (χ0) is 12.6. The maximum atomic E-state index is 11.7. The largest absolute Gasteiger partial charge is 0.465 e. The number of nitrogens with zero attached hydrogens (tertiary/aromatic N) is 1. The normalized spacial score (nSPS) is 10.1. The lowest BCUT2D eigenvalue weighted by molar-refractivity contribution is -0.144. The van der Waals surface area contributed by atoms with Crippen molar-refractivity contribution in [2.45, 2.75) is 40.2 Å².